The third-order valence-corrected chi connectivity index (χ3v) is 5.82. The molecule has 3 unspecified atom stereocenters. The van der Waals surface area contributed by atoms with E-state index in [1.165, 1.54) is 44.9 Å². The molecule has 0 heterocycles. The van der Waals surface area contributed by atoms with E-state index in [-0.39, 0.29) is 11.9 Å². The molecule has 0 bridgehead atoms. The average Bonchev–Trinajstić information content (AvgIpc) is 2.46. The van der Waals surface area contributed by atoms with E-state index in [0.29, 0.717) is 11.8 Å². The van der Waals surface area contributed by atoms with Gasteiger partial charge in [0.1, 0.15) is 0 Å². The highest BCUT2D eigenvalue weighted by Crippen LogP contribution is 2.45. The number of methoxy groups -OCH3 is 1. The van der Waals surface area contributed by atoms with Crippen molar-refractivity contribution >= 4 is 5.97 Å². The zero-order valence-corrected chi connectivity index (χ0v) is 14.3. The van der Waals surface area contributed by atoms with Gasteiger partial charge in [-0.3, -0.25) is 4.79 Å². The number of ether oxygens (including phenoxy) is 1. The summed E-state index contributed by atoms with van der Waals surface area (Å²) in [6, 6.07) is 0. The number of rotatable bonds is 4. The highest BCUT2D eigenvalue weighted by Gasteiger charge is 2.43. The second-order valence-electron chi connectivity index (χ2n) is 7.69. The molecule has 0 aromatic rings. The van der Waals surface area contributed by atoms with E-state index in [9.17, 15) is 4.79 Å². The van der Waals surface area contributed by atoms with Crippen molar-refractivity contribution in [2.24, 2.45) is 29.6 Å². The molecule has 0 aromatic carbocycles. The predicted octanol–water partition coefficient (Wildman–Crippen LogP) is 3.58. The molecule has 0 spiro atoms. The first-order chi connectivity index (χ1) is 10.0. The zero-order valence-electron chi connectivity index (χ0n) is 14.3. The van der Waals surface area contributed by atoms with Crippen molar-refractivity contribution in [3.8, 4) is 0 Å². The van der Waals surface area contributed by atoms with Crippen molar-refractivity contribution in [3.63, 3.8) is 0 Å². The normalized spacial score (nSPS) is 37.5. The van der Waals surface area contributed by atoms with Gasteiger partial charge < -0.3 is 9.64 Å². The highest BCUT2D eigenvalue weighted by molar-refractivity contribution is 5.73. The van der Waals surface area contributed by atoms with Crippen LogP contribution in [0.2, 0.25) is 0 Å². The van der Waals surface area contributed by atoms with Crippen LogP contribution in [0, 0.1) is 29.6 Å². The molecular formula is C18H33NO2. The summed E-state index contributed by atoms with van der Waals surface area (Å²) in [7, 11) is 5.78. The smallest absolute Gasteiger partial charge is 0.309 e. The monoisotopic (exact) mass is 295 g/mol. The summed E-state index contributed by atoms with van der Waals surface area (Å²) < 4.78 is 5.19. The van der Waals surface area contributed by atoms with Gasteiger partial charge in [0.25, 0.3) is 0 Å². The number of nitrogens with zero attached hydrogens (tertiary/aromatic N) is 1. The van der Waals surface area contributed by atoms with E-state index in [1.54, 1.807) is 7.11 Å². The lowest BCUT2D eigenvalue weighted by atomic mass is 9.63. The Morgan fingerprint density at radius 3 is 2.33 bits per heavy atom. The SMILES string of the molecule is COC(=O)C1C(CN(C)C)CCCC1C1CCC(C)CC1. The maximum absolute atomic E-state index is 12.4. The molecule has 0 radical (unpaired) electrons. The summed E-state index contributed by atoms with van der Waals surface area (Å²) in [6.07, 6.45) is 8.99. The Hall–Kier alpha value is -0.570. The first-order valence-electron chi connectivity index (χ1n) is 8.75. The van der Waals surface area contributed by atoms with Crippen LogP contribution in [0.5, 0.6) is 0 Å². The van der Waals surface area contributed by atoms with Crippen LogP contribution in [0.1, 0.15) is 51.9 Å². The Labute approximate surface area is 130 Å². The van der Waals surface area contributed by atoms with E-state index in [4.69, 9.17) is 4.74 Å². The lowest BCUT2D eigenvalue weighted by Gasteiger charge is -2.43. The standard InChI is InChI=1S/C18H33NO2/c1-13-8-10-14(11-9-13)16-7-5-6-15(12-19(2)3)17(16)18(20)21-4/h13-17H,5-12H2,1-4H3. The second-order valence-corrected chi connectivity index (χ2v) is 7.69. The van der Waals surface area contributed by atoms with Crippen LogP contribution < -0.4 is 0 Å². The van der Waals surface area contributed by atoms with Gasteiger partial charge in [0, 0.05) is 6.54 Å². The molecule has 2 rings (SSSR count). The lowest BCUT2D eigenvalue weighted by Crippen LogP contribution is -2.43. The fourth-order valence-corrected chi connectivity index (χ4v) is 4.74. The summed E-state index contributed by atoms with van der Waals surface area (Å²) >= 11 is 0. The summed E-state index contributed by atoms with van der Waals surface area (Å²) in [5, 5.41) is 0. The van der Waals surface area contributed by atoms with E-state index in [1.807, 2.05) is 0 Å². The summed E-state index contributed by atoms with van der Waals surface area (Å²) in [6.45, 7) is 3.38. The largest absolute Gasteiger partial charge is 0.469 e. The third kappa shape index (κ3) is 4.21. The molecule has 2 aliphatic rings. The lowest BCUT2D eigenvalue weighted by molar-refractivity contribution is -0.153. The zero-order chi connectivity index (χ0) is 15.4. The number of carbonyl (C=O) groups is 1. The van der Waals surface area contributed by atoms with Gasteiger partial charge in [-0.2, -0.15) is 0 Å². The molecule has 0 saturated heterocycles. The Morgan fingerprint density at radius 2 is 1.76 bits per heavy atom. The van der Waals surface area contributed by atoms with Crippen molar-refractivity contribution in [1.29, 1.82) is 0 Å². The van der Waals surface area contributed by atoms with Crippen LogP contribution in [-0.4, -0.2) is 38.6 Å². The molecule has 3 atom stereocenters. The summed E-state index contributed by atoms with van der Waals surface area (Å²) in [5.41, 5.74) is 0. The molecule has 0 amide bonds. The van der Waals surface area contributed by atoms with Gasteiger partial charge in [-0.15, -0.1) is 0 Å². The van der Waals surface area contributed by atoms with Crippen molar-refractivity contribution in [2.75, 3.05) is 27.7 Å². The van der Waals surface area contributed by atoms with Crippen LogP contribution in [0.25, 0.3) is 0 Å². The molecule has 3 heteroatoms. The molecule has 0 aliphatic heterocycles. The number of esters is 1. The summed E-state index contributed by atoms with van der Waals surface area (Å²) in [5.74, 6) is 2.83. The van der Waals surface area contributed by atoms with Crippen LogP contribution in [0.3, 0.4) is 0 Å². The molecule has 21 heavy (non-hydrogen) atoms. The molecule has 0 N–H and O–H groups in total. The van der Waals surface area contributed by atoms with Gasteiger partial charge in [0.15, 0.2) is 0 Å². The van der Waals surface area contributed by atoms with Crippen molar-refractivity contribution in [2.45, 2.75) is 51.9 Å². The maximum Gasteiger partial charge on any atom is 0.309 e. The van der Waals surface area contributed by atoms with Gasteiger partial charge in [-0.25, -0.2) is 0 Å². The van der Waals surface area contributed by atoms with Gasteiger partial charge in [0.2, 0.25) is 0 Å². The highest BCUT2D eigenvalue weighted by atomic mass is 16.5. The third-order valence-electron chi connectivity index (χ3n) is 5.82. The first kappa shape index (κ1) is 16.8. The van der Waals surface area contributed by atoms with E-state index in [0.717, 1.165) is 18.4 Å². The Balaban J connectivity index is 2.10. The number of hydrogen-bond donors (Lipinski definition) is 0. The molecule has 2 saturated carbocycles. The van der Waals surface area contributed by atoms with Gasteiger partial charge in [0.05, 0.1) is 13.0 Å². The average molecular weight is 295 g/mol. The molecule has 3 nitrogen and oxygen atoms in total. The topological polar surface area (TPSA) is 29.5 Å². The van der Waals surface area contributed by atoms with Crippen molar-refractivity contribution in [1.82, 2.24) is 4.90 Å². The minimum absolute atomic E-state index is 0.0465. The van der Waals surface area contributed by atoms with Crippen LogP contribution in [-0.2, 0) is 9.53 Å². The van der Waals surface area contributed by atoms with Crippen LogP contribution in [0.4, 0.5) is 0 Å². The van der Waals surface area contributed by atoms with E-state index < -0.39 is 0 Å². The quantitative estimate of drug-likeness (QED) is 0.742. The van der Waals surface area contributed by atoms with Gasteiger partial charge in [-0.05, 0) is 63.5 Å². The van der Waals surface area contributed by atoms with E-state index in [2.05, 4.69) is 25.9 Å². The van der Waals surface area contributed by atoms with Crippen LogP contribution >= 0.6 is 0 Å². The number of carbonyl (C=O) groups excluding carboxylic acids is 1. The Morgan fingerprint density at radius 1 is 1.10 bits per heavy atom. The van der Waals surface area contributed by atoms with Gasteiger partial charge in [-0.1, -0.05) is 26.2 Å². The van der Waals surface area contributed by atoms with Gasteiger partial charge >= 0.3 is 5.97 Å². The Kier molecular flexibility index (Phi) is 6.09. The fourth-order valence-electron chi connectivity index (χ4n) is 4.74. The minimum Gasteiger partial charge on any atom is -0.469 e. The van der Waals surface area contributed by atoms with Crippen molar-refractivity contribution in [3.05, 3.63) is 0 Å². The number of hydrogen-bond acceptors (Lipinski definition) is 3. The van der Waals surface area contributed by atoms with Crippen LogP contribution in [0.15, 0.2) is 0 Å². The Bertz CT molecular complexity index is 334. The molecule has 2 aliphatic carbocycles. The summed E-state index contributed by atoms with van der Waals surface area (Å²) in [4.78, 5) is 14.7. The predicted molar refractivity (Wildman–Crippen MR) is 86.0 cm³/mol. The first-order valence-corrected chi connectivity index (χ1v) is 8.75. The molecule has 0 aromatic heterocycles. The molecule has 122 valence electrons. The minimum atomic E-state index is 0.0465. The maximum atomic E-state index is 12.4. The van der Waals surface area contributed by atoms with E-state index >= 15 is 0 Å². The molecule has 2 fully saturated rings. The molecular weight excluding hydrogens is 262 g/mol. The fraction of sp³-hybridized carbons (Fsp3) is 0.944. The second kappa shape index (κ2) is 7.62. The van der Waals surface area contributed by atoms with Crippen molar-refractivity contribution < 1.29 is 9.53 Å².